The summed E-state index contributed by atoms with van der Waals surface area (Å²) in [6.07, 6.45) is 1.28. The van der Waals surface area contributed by atoms with Gasteiger partial charge in [0.15, 0.2) is 6.29 Å². The third-order valence-corrected chi connectivity index (χ3v) is 0.818. The first-order chi connectivity index (χ1) is 4.76. The van der Waals surface area contributed by atoms with Gasteiger partial charge in [0.05, 0.1) is 6.61 Å². The summed E-state index contributed by atoms with van der Waals surface area (Å²) in [7, 11) is 0. The van der Waals surface area contributed by atoms with Crippen molar-refractivity contribution in [3.8, 4) is 0 Å². The van der Waals surface area contributed by atoms with Crippen molar-refractivity contribution >= 4 is 12.3 Å². The highest BCUT2D eigenvalue weighted by molar-refractivity contribution is 6.07. The van der Waals surface area contributed by atoms with Crippen LogP contribution in [0, 0.1) is 0 Å². The first-order valence-corrected chi connectivity index (χ1v) is 2.80. The molecule has 0 saturated carbocycles. The van der Waals surface area contributed by atoms with Crippen LogP contribution in [-0.2, 0) is 14.3 Å². The van der Waals surface area contributed by atoms with Gasteiger partial charge in [0.25, 0.3) is 0 Å². The predicted molar refractivity (Wildman–Crippen MR) is 35.0 cm³/mol. The van der Waals surface area contributed by atoms with Gasteiger partial charge in [-0.25, -0.2) is 4.79 Å². The summed E-state index contributed by atoms with van der Waals surface area (Å²) in [4.78, 5) is 20.6. The zero-order chi connectivity index (χ0) is 7.98. The Bertz CT molecular complexity index is 162. The maximum Gasteiger partial charge on any atom is 0.342 e. The van der Waals surface area contributed by atoms with E-state index in [0.29, 0.717) is 6.29 Å². The lowest BCUT2D eigenvalue weighted by Crippen LogP contribution is -2.09. The summed E-state index contributed by atoms with van der Waals surface area (Å²) in [6, 6.07) is 0. The van der Waals surface area contributed by atoms with Crippen LogP contribution in [-0.4, -0.2) is 18.9 Å². The largest absolute Gasteiger partial charge is 0.462 e. The Kier molecular flexibility index (Phi) is 3.95. The van der Waals surface area contributed by atoms with Crippen molar-refractivity contribution < 1.29 is 14.3 Å². The van der Waals surface area contributed by atoms with Crippen molar-refractivity contribution in [2.24, 2.45) is 5.73 Å². The Morgan fingerprint density at radius 3 is 2.60 bits per heavy atom. The molecule has 0 spiro atoms. The summed E-state index contributed by atoms with van der Waals surface area (Å²) in [6.45, 7) is 1.89. The molecule has 0 fully saturated rings. The van der Waals surface area contributed by atoms with Crippen LogP contribution in [0.25, 0.3) is 0 Å². The van der Waals surface area contributed by atoms with E-state index in [-0.39, 0.29) is 12.2 Å². The molecule has 0 aliphatic carbocycles. The van der Waals surface area contributed by atoms with E-state index in [1.54, 1.807) is 6.92 Å². The van der Waals surface area contributed by atoms with Crippen LogP contribution >= 0.6 is 0 Å². The van der Waals surface area contributed by atoms with Gasteiger partial charge in [-0.15, -0.1) is 0 Å². The number of nitrogens with two attached hydrogens (primary N) is 1. The monoisotopic (exact) mass is 143 g/mol. The highest BCUT2D eigenvalue weighted by Gasteiger charge is 2.06. The molecular weight excluding hydrogens is 134 g/mol. The van der Waals surface area contributed by atoms with Crippen molar-refractivity contribution in [3.05, 3.63) is 11.8 Å². The quantitative estimate of drug-likeness (QED) is 0.192. The van der Waals surface area contributed by atoms with Gasteiger partial charge in [0.2, 0.25) is 0 Å². The fraction of sp³-hybridized carbons (Fsp3) is 0.333. The van der Waals surface area contributed by atoms with Gasteiger partial charge in [-0.1, -0.05) is 0 Å². The van der Waals surface area contributed by atoms with Crippen LogP contribution in [0.1, 0.15) is 6.92 Å². The predicted octanol–water partition coefficient (Wildman–Crippen LogP) is -0.409. The van der Waals surface area contributed by atoms with Crippen LogP contribution in [0.2, 0.25) is 0 Å². The molecular formula is C6H9NO3. The molecule has 0 bridgehead atoms. The molecule has 0 rings (SSSR count). The molecule has 0 radical (unpaired) electrons. The number of esters is 1. The van der Waals surface area contributed by atoms with Crippen LogP contribution < -0.4 is 5.73 Å². The maximum atomic E-state index is 10.6. The van der Waals surface area contributed by atoms with Crippen LogP contribution in [0.5, 0.6) is 0 Å². The van der Waals surface area contributed by atoms with E-state index < -0.39 is 5.97 Å². The number of aldehydes is 1. The number of carbonyl (C=O) groups excluding carboxylic acids is 2. The molecule has 0 unspecified atom stereocenters. The molecule has 56 valence electrons. The van der Waals surface area contributed by atoms with E-state index in [4.69, 9.17) is 5.73 Å². The lowest BCUT2D eigenvalue weighted by atomic mass is 10.3. The lowest BCUT2D eigenvalue weighted by molar-refractivity contribution is -0.139. The first-order valence-electron chi connectivity index (χ1n) is 2.80. The molecule has 0 aromatic carbocycles. The third-order valence-electron chi connectivity index (χ3n) is 0.818. The molecule has 10 heavy (non-hydrogen) atoms. The molecule has 4 nitrogen and oxygen atoms in total. The van der Waals surface area contributed by atoms with E-state index >= 15 is 0 Å². The van der Waals surface area contributed by atoms with E-state index in [1.165, 1.54) is 0 Å². The van der Waals surface area contributed by atoms with Crippen molar-refractivity contribution in [2.75, 3.05) is 6.61 Å². The number of hydrogen-bond acceptors (Lipinski definition) is 4. The smallest absolute Gasteiger partial charge is 0.342 e. The van der Waals surface area contributed by atoms with Gasteiger partial charge in [-0.3, -0.25) is 4.79 Å². The van der Waals surface area contributed by atoms with Crippen LogP contribution in [0.3, 0.4) is 0 Å². The lowest BCUT2D eigenvalue weighted by Gasteiger charge is -1.97. The highest BCUT2D eigenvalue weighted by Crippen LogP contribution is 1.90. The Morgan fingerprint density at radius 1 is 1.70 bits per heavy atom. The zero-order valence-electron chi connectivity index (χ0n) is 5.66. The molecule has 0 aromatic rings. The number of rotatable bonds is 3. The van der Waals surface area contributed by atoms with E-state index in [1.807, 2.05) is 0 Å². The van der Waals surface area contributed by atoms with Crippen molar-refractivity contribution in [3.63, 3.8) is 0 Å². The maximum absolute atomic E-state index is 10.6. The van der Waals surface area contributed by atoms with E-state index in [9.17, 15) is 9.59 Å². The van der Waals surface area contributed by atoms with Gasteiger partial charge >= 0.3 is 5.97 Å². The number of ether oxygens (including phenoxy) is 1. The minimum absolute atomic E-state index is 0.151. The normalized spacial score (nSPS) is 10.7. The summed E-state index contributed by atoms with van der Waals surface area (Å²) in [5.74, 6) is -0.681. The van der Waals surface area contributed by atoms with E-state index in [2.05, 4.69) is 4.74 Å². The molecule has 0 amide bonds. The summed E-state index contributed by atoms with van der Waals surface area (Å²) < 4.78 is 4.47. The van der Waals surface area contributed by atoms with Crippen molar-refractivity contribution in [1.82, 2.24) is 0 Å². The first kappa shape index (κ1) is 8.68. The topological polar surface area (TPSA) is 69.4 Å². The van der Waals surface area contributed by atoms with Crippen LogP contribution in [0.15, 0.2) is 11.8 Å². The van der Waals surface area contributed by atoms with Gasteiger partial charge in [-0.2, -0.15) is 0 Å². The van der Waals surface area contributed by atoms with Crippen molar-refractivity contribution in [1.29, 1.82) is 0 Å². The molecule has 0 atom stereocenters. The molecule has 0 aromatic heterocycles. The Morgan fingerprint density at radius 2 is 2.30 bits per heavy atom. The summed E-state index contributed by atoms with van der Waals surface area (Å²) in [5, 5.41) is 0. The van der Waals surface area contributed by atoms with E-state index in [0.717, 1.165) is 6.20 Å². The average Bonchev–Trinajstić information content (AvgIpc) is 1.91. The zero-order valence-corrected chi connectivity index (χ0v) is 5.66. The minimum Gasteiger partial charge on any atom is -0.462 e. The van der Waals surface area contributed by atoms with Gasteiger partial charge in [0.1, 0.15) is 5.57 Å². The fourth-order valence-electron chi connectivity index (χ4n) is 0.370. The Balaban J connectivity index is 4.04. The molecule has 0 aliphatic rings. The second kappa shape index (κ2) is 4.55. The highest BCUT2D eigenvalue weighted by atomic mass is 16.5. The minimum atomic E-state index is -0.681. The second-order valence-corrected chi connectivity index (χ2v) is 1.46. The number of hydrogen-bond donors (Lipinski definition) is 1. The standard InChI is InChI=1S/C6H9NO3/c1-2-10-6(9)5(3-7)4-8/h3-4H,2,7H2,1H3. The van der Waals surface area contributed by atoms with Gasteiger partial charge in [0, 0.05) is 6.20 Å². The Hall–Kier alpha value is -1.32. The average molecular weight is 143 g/mol. The SMILES string of the molecule is CCOC(=O)C(C=O)=CN. The molecule has 0 aliphatic heterocycles. The Labute approximate surface area is 58.7 Å². The van der Waals surface area contributed by atoms with Gasteiger partial charge in [-0.05, 0) is 6.92 Å². The fourth-order valence-corrected chi connectivity index (χ4v) is 0.370. The molecule has 2 N–H and O–H groups in total. The molecule has 0 saturated heterocycles. The number of carbonyl (C=O) groups is 2. The summed E-state index contributed by atoms with van der Waals surface area (Å²) in [5.41, 5.74) is 4.77. The van der Waals surface area contributed by atoms with Crippen molar-refractivity contribution in [2.45, 2.75) is 6.92 Å². The third kappa shape index (κ3) is 2.30. The molecule has 0 heterocycles. The van der Waals surface area contributed by atoms with Crippen LogP contribution in [0.4, 0.5) is 0 Å². The van der Waals surface area contributed by atoms with Gasteiger partial charge < -0.3 is 10.5 Å². The second-order valence-electron chi connectivity index (χ2n) is 1.46. The molecule has 4 heteroatoms. The summed E-state index contributed by atoms with van der Waals surface area (Å²) >= 11 is 0.